The van der Waals surface area contributed by atoms with Gasteiger partial charge in [0.2, 0.25) is 5.91 Å². The maximum atomic E-state index is 12.5. The lowest BCUT2D eigenvalue weighted by Gasteiger charge is -2.13. The maximum absolute atomic E-state index is 12.5. The van der Waals surface area contributed by atoms with E-state index in [4.69, 9.17) is 0 Å². The highest BCUT2D eigenvalue weighted by Crippen LogP contribution is 2.27. The average Bonchev–Trinajstić information content (AvgIpc) is 3.29. The molecule has 1 saturated heterocycles. The molecule has 0 bridgehead atoms. The molecule has 1 aliphatic heterocycles. The van der Waals surface area contributed by atoms with Crippen molar-refractivity contribution in [2.24, 2.45) is 0 Å². The number of nitrogens with one attached hydrogen (secondary N) is 1. The first-order valence-electron chi connectivity index (χ1n) is 7.88. The molecule has 1 amide bonds. The molecule has 0 spiro atoms. The van der Waals surface area contributed by atoms with E-state index in [0.717, 1.165) is 22.6 Å². The molecule has 8 heteroatoms. The van der Waals surface area contributed by atoms with Gasteiger partial charge >= 0.3 is 0 Å². The number of amides is 1. The lowest BCUT2D eigenvalue weighted by molar-refractivity contribution is -0.121. The maximum Gasteiger partial charge on any atom is 0.252 e. The van der Waals surface area contributed by atoms with Crippen LogP contribution in [0.5, 0.6) is 0 Å². The van der Waals surface area contributed by atoms with Crippen LogP contribution in [0.4, 0.5) is 0 Å². The fourth-order valence-corrected chi connectivity index (χ4v) is 6.47. The van der Waals surface area contributed by atoms with E-state index in [2.05, 4.69) is 5.32 Å². The number of nitrogens with zero attached hydrogens (tertiary/aromatic N) is 1. The molecule has 1 aliphatic rings. The minimum absolute atomic E-state index is 0.0368. The van der Waals surface area contributed by atoms with Crippen LogP contribution in [0, 0.1) is 0 Å². The van der Waals surface area contributed by atoms with E-state index in [9.17, 15) is 13.2 Å². The molecule has 3 heterocycles. The summed E-state index contributed by atoms with van der Waals surface area (Å²) in [5.74, 6) is -0.0946. The molecule has 24 heavy (non-hydrogen) atoms. The quantitative estimate of drug-likeness (QED) is 0.832. The molecule has 2 aromatic rings. The molecule has 1 atom stereocenters. The first-order valence-corrected chi connectivity index (χ1v) is 11.0. The second-order valence-corrected chi connectivity index (χ2v) is 10.1. The molecule has 0 aromatic carbocycles. The Hall–Kier alpha value is -1.22. The van der Waals surface area contributed by atoms with Crippen LogP contribution in [0.15, 0.2) is 33.9 Å². The van der Waals surface area contributed by atoms with Crippen molar-refractivity contribution in [1.82, 2.24) is 9.62 Å². The summed E-state index contributed by atoms with van der Waals surface area (Å²) in [5, 5.41) is 4.93. The highest BCUT2D eigenvalue weighted by molar-refractivity contribution is 7.91. The lowest BCUT2D eigenvalue weighted by atomic mass is 10.2. The molecular weight excluding hydrogens is 364 g/mol. The zero-order valence-corrected chi connectivity index (χ0v) is 15.8. The summed E-state index contributed by atoms with van der Waals surface area (Å²) in [5.41, 5.74) is 0. The van der Waals surface area contributed by atoms with E-state index in [1.807, 2.05) is 24.4 Å². The lowest BCUT2D eigenvalue weighted by Crippen LogP contribution is -2.27. The predicted octanol–water partition coefficient (Wildman–Crippen LogP) is 3.01. The van der Waals surface area contributed by atoms with Gasteiger partial charge in [-0.05, 0) is 43.3 Å². The van der Waals surface area contributed by atoms with Gasteiger partial charge in [0, 0.05) is 22.8 Å². The zero-order valence-electron chi connectivity index (χ0n) is 13.4. The Morgan fingerprint density at radius 2 is 2.04 bits per heavy atom. The fraction of sp³-hybridized carbons (Fsp3) is 0.438. The summed E-state index contributed by atoms with van der Waals surface area (Å²) < 4.78 is 26.9. The number of hydrogen-bond acceptors (Lipinski definition) is 5. The van der Waals surface area contributed by atoms with Crippen molar-refractivity contribution in [3.63, 3.8) is 0 Å². The minimum atomic E-state index is -3.39. The van der Waals surface area contributed by atoms with Crippen molar-refractivity contribution in [2.45, 2.75) is 36.4 Å². The van der Waals surface area contributed by atoms with Crippen LogP contribution < -0.4 is 5.32 Å². The Balaban J connectivity index is 1.62. The zero-order chi connectivity index (χ0) is 17.2. The minimum Gasteiger partial charge on any atom is -0.348 e. The van der Waals surface area contributed by atoms with E-state index < -0.39 is 10.0 Å². The molecule has 0 radical (unpaired) electrons. The van der Waals surface area contributed by atoms with E-state index in [1.165, 1.54) is 15.6 Å². The van der Waals surface area contributed by atoms with Gasteiger partial charge in [-0.3, -0.25) is 4.79 Å². The number of carbonyl (C=O) groups excluding carboxylic acids is 1. The molecule has 2 aromatic heterocycles. The third-order valence-electron chi connectivity index (χ3n) is 3.98. The van der Waals surface area contributed by atoms with Crippen LogP contribution in [-0.4, -0.2) is 31.7 Å². The average molecular weight is 385 g/mol. The van der Waals surface area contributed by atoms with Crippen LogP contribution in [-0.2, 0) is 21.2 Å². The predicted molar refractivity (Wildman–Crippen MR) is 96.9 cm³/mol. The highest BCUT2D eigenvalue weighted by Gasteiger charge is 2.28. The van der Waals surface area contributed by atoms with Crippen molar-refractivity contribution in [2.75, 3.05) is 13.1 Å². The second kappa shape index (κ2) is 7.35. The molecule has 1 N–H and O–H groups in total. The van der Waals surface area contributed by atoms with E-state index >= 15 is 0 Å². The van der Waals surface area contributed by atoms with Gasteiger partial charge in [0.15, 0.2) is 0 Å². The Morgan fingerprint density at radius 3 is 2.71 bits per heavy atom. The third-order valence-corrected chi connectivity index (χ3v) is 8.48. The van der Waals surface area contributed by atoms with Crippen LogP contribution in [0.25, 0.3) is 0 Å². The summed E-state index contributed by atoms with van der Waals surface area (Å²) >= 11 is 2.80. The first-order chi connectivity index (χ1) is 11.5. The molecule has 1 fully saturated rings. The van der Waals surface area contributed by atoms with Gasteiger partial charge in [0.25, 0.3) is 10.0 Å². The number of hydrogen-bond donors (Lipinski definition) is 1. The SMILES string of the molecule is CC(NC(=O)Cc1ccc(S(=O)(=O)N2CCCC2)s1)c1cccs1. The standard InChI is InChI=1S/C16H20N2O3S3/c1-12(14-5-4-10-22-14)17-15(19)11-13-6-7-16(23-13)24(20,21)18-8-2-3-9-18/h4-7,10,12H,2-3,8-9,11H2,1H3,(H,17,19). The summed E-state index contributed by atoms with van der Waals surface area (Å²) in [4.78, 5) is 14.0. The van der Waals surface area contributed by atoms with Crippen LogP contribution in [0.2, 0.25) is 0 Å². The first kappa shape index (κ1) is 17.6. The Kier molecular flexibility index (Phi) is 5.39. The van der Waals surface area contributed by atoms with Crippen molar-refractivity contribution in [1.29, 1.82) is 0 Å². The van der Waals surface area contributed by atoms with Gasteiger partial charge in [-0.25, -0.2) is 8.42 Å². The summed E-state index contributed by atoms with van der Waals surface area (Å²) in [6, 6.07) is 7.26. The van der Waals surface area contributed by atoms with Crippen molar-refractivity contribution in [3.05, 3.63) is 39.4 Å². The monoisotopic (exact) mass is 384 g/mol. The molecule has 3 rings (SSSR count). The smallest absolute Gasteiger partial charge is 0.252 e. The van der Waals surface area contributed by atoms with Gasteiger partial charge in [-0.1, -0.05) is 6.07 Å². The third kappa shape index (κ3) is 3.88. The topological polar surface area (TPSA) is 66.5 Å². The summed E-state index contributed by atoms with van der Waals surface area (Å²) in [6.07, 6.45) is 2.04. The van der Waals surface area contributed by atoms with Crippen molar-refractivity contribution < 1.29 is 13.2 Å². The van der Waals surface area contributed by atoms with Crippen molar-refractivity contribution in [3.8, 4) is 0 Å². The van der Waals surface area contributed by atoms with Crippen LogP contribution >= 0.6 is 22.7 Å². The Morgan fingerprint density at radius 1 is 1.29 bits per heavy atom. The molecule has 5 nitrogen and oxygen atoms in total. The molecule has 130 valence electrons. The van der Waals surface area contributed by atoms with Gasteiger partial charge < -0.3 is 5.32 Å². The van der Waals surface area contributed by atoms with Gasteiger partial charge in [-0.2, -0.15) is 4.31 Å². The Bertz CT molecular complexity index is 790. The van der Waals surface area contributed by atoms with E-state index in [0.29, 0.717) is 17.3 Å². The molecule has 0 saturated carbocycles. The van der Waals surface area contributed by atoms with Gasteiger partial charge in [0.05, 0.1) is 12.5 Å². The van der Waals surface area contributed by atoms with Crippen LogP contribution in [0.3, 0.4) is 0 Å². The van der Waals surface area contributed by atoms with E-state index in [-0.39, 0.29) is 18.4 Å². The van der Waals surface area contributed by atoms with Crippen molar-refractivity contribution >= 4 is 38.6 Å². The number of carbonyl (C=O) groups is 1. The van der Waals surface area contributed by atoms with E-state index in [1.54, 1.807) is 23.5 Å². The molecular formula is C16H20N2O3S3. The fourth-order valence-electron chi connectivity index (χ4n) is 2.71. The number of rotatable bonds is 6. The Labute approximate surface area is 150 Å². The number of sulfonamides is 1. The van der Waals surface area contributed by atoms with Crippen LogP contribution in [0.1, 0.15) is 35.6 Å². The number of thiophene rings is 2. The molecule has 1 unspecified atom stereocenters. The second-order valence-electron chi connectivity index (χ2n) is 5.81. The normalized spacial score (nSPS) is 17.0. The molecule has 0 aliphatic carbocycles. The van der Waals surface area contributed by atoms with Gasteiger partial charge in [0.1, 0.15) is 4.21 Å². The summed E-state index contributed by atoms with van der Waals surface area (Å²) in [7, 11) is -3.39. The largest absolute Gasteiger partial charge is 0.348 e. The van der Waals surface area contributed by atoms with Gasteiger partial charge in [-0.15, -0.1) is 22.7 Å². The summed E-state index contributed by atoms with van der Waals surface area (Å²) in [6.45, 7) is 3.13. The highest BCUT2D eigenvalue weighted by atomic mass is 32.2.